The van der Waals surface area contributed by atoms with Gasteiger partial charge in [-0.2, -0.15) is 0 Å². The number of aromatic nitrogens is 1. The van der Waals surface area contributed by atoms with Gasteiger partial charge in [-0.25, -0.2) is 0 Å². The molecule has 0 saturated carbocycles. The first-order valence-corrected chi connectivity index (χ1v) is 6.82. The molecule has 0 bridgehead atoms. The Hall–Kier alpha value is -2.35. The average molecular weight is 263 g/mol. The van der Waals surface area contributed by atoms with Crippen LogP contribution in [0.15, 0.2) is 60.7 Å². The standard InChI is InChI=1S/C18H17NO/c1-13(14-8-4-3-5-9-14)18(20)17-12-15-10-6-7-11-16(15)19(17)2/h3-13H,1-2H3. The molecule has 3 aromatic rings. The summed E-state index contributed by atoms with van der Waals surface area (Å²) in [6, 6.07) is 20.0. The number of carbonyl (C=O) groups excluding carboxylic acids is 1. The number of benzene rings is 2. The molecule has 20 heavy (non-hydrogen) atoms. The third kappa shape index (κ3) is 2.03. The summed E-state index contributed by atoms with van der Waals surface area (Å²) in [5, 5.41) is 1.11. The number of ketones is 1. The van der Waals surface area contributed by atoms with Crippen LogP contribution in [0, 0.1) is 0 Å². The number of hydrogen-bond donors (Lipinski definition) is 0. The van der Waals surface area contributed by atoms with Crippen molar-refractivity contribution in [3.63, 3.8) is 0 Å². The second kappa shape index (κ2) is 4.97. The van der Waals surface area contributed by atoms with E-state index in [-0.39, 0.29) is 11.7 Å². The highest BCUT2D eigenvalue weighted by Gasteiger charge is 2.20. The summed E-state index contributed by atoms with van der Waals surface area (Å²) in [4.78, 5) is 12.7. The van der Waals surface area contributed by atoms with Crippen LogP contribution in [0.3, 0.4) is 0 Å². The fraction of sp³-hybridized carbons (Fsp3) is 0.167. The fourth-order valence-electron chi connectivity index (χ4n) is 2.64. The topological polar surface area (TPSA) is 22.0 Å². The van der Waals surface area contributed by atoms with Gasteiger partial charge in [-0.15, -0.1) is 0 Å². The van der Waals surface area contributed by atoms with Crippen LogP contribution in [0.4, 0.5) is 0 Å². The molecule has 0 fully saturated rings. The van der Waals surface area contributed by atoms with Gasteiger partial charge in [0.15, 0.2) is 5.78 Å². The second-order valence-electron chi connectivity index (χ2n) is 5.14. The van der Waals surface area contributed by atoms with E-state index >= 15 is 0 Å². The molecule has 0 radical (unpaired) electrons. The molecule has 2 heteroatoms. The first-order valence-electron chi connectivity index (χ1n) is 6.82. The van der Waals surface area contributed by atoms with E-state index in [0.29, 0.717) is 0 Å². The lowest BCUT2D eigenvalue weighted by Gasteiger charge is -2.11. The zero-order valence-electron chi connectivity index (χ0n) is 11.7. The van der Waals surface area contributed by atoms with Gasteiger partial charge in [-0.1, -0.05) is 55.5 Å². The third-order valence-electron chi connectivity index (χ3n) is 3.90. The van der Waals surface area contributed by atoms with Crippen molar-refractivity contribution < 1.29 is 4.79 Å². The third-order valence-corrected chi connectivity index (χ3v) is 3.90. The van der Waals surface area contributed by atoms with Gasteiger partial charge in [-0.05, 0) is 17.7 Å². The summed E-state index contributed by atoms with van der Waals surface area (Å²) in [5.41, 5.74) is 2.92. The van der Waals surface area contributed by atoms with Gasteiger partial charge in [0.05, 0.1) is 5.69 Å². The monoisotopic (exact) mass is 263 g/mol. The Morgan fingerprint density at radius 2 is 1.65 bits per heavy atom. The normalized spacial score (nSPS) is 12.5. The largest absolute Gasteiger partial charge is 0.341 e. The molecule has 0 amide bonds. The molecule has 1 heterocycles. The van der Waals surface area contributed by atoms with E-state index in [4.69, 9.17) is 0 Å². The summed E-state index contributed by atoms with van der Waals surface area (Å²) in [6.45, 7) is 1.97. The first-order chi connectivity index (χ1) is 9.68. The smallest absolute Gasteiger partial charge is 0.186 e. The second-order valence-corrected chi connectivity index (χ2v) is 5.14. The SMILES string of the molecule is CC(C(=O)c1cc2ccccc2n1C)c1ccccc1. The van der Waals surface area contributed by atoms with Crippen molar-refractivity contribution in [1.82, 2.24) is 4.57 Å². The number of Topliss-reactive ketones (excluding diaryl/α,β-unsaturated/α-hetero) is 1. The van der Waals surface area contributed by atoms with Gasteiger partial charge in [0.2, 0.25) is 0 Å². The highest BCUT2D eigenvalue weighted by molar-refractivity contribution is 6.03. The number of hydrogen-bond acceptors (Lipinski definition) is 1. The Bertz CT molecular complexity index is 755. The first kappa shape index (κ1) is 12.7. The van der Waals surface area contributed by atoms with E-state index in [9.17, 15) is 4.79 Å². The minimum atomic E-state index is -0.126. The summed E-state index contributed by atoms with van der Waals surface area (Å²) >= 11 is 0. The Morgan fingerprint density at radius 3 is 2.35 bits per heavy atom. The Balaban J connectivity index is 2.03. The van der Waals surface area contributed by atoms with Crippen LogP contribution < -0.4 is 0 Å². The number of aryl methyl sites for hydroxylation is 1. The zero-order valence-corrected chi connectivity index (χ0v) is 11.7. The molecular weight excluding hydrogens is 246 g/mol. The molecule has 0 aliphatic carbocycles. The molecule has 0 aliphatic rings. The molecule has 1 unspecified atom stereocenters. The van der Waals surface area contributed by atoms with Gasteiger partial charge in [0.25, 0.3) is 0 Å². The van der Waals surface area contributed by atoms with Gasteiger partial charge in [0, 0.05) is 23.9 Å². The van der Waals surface area contributed by atoms with E-state index in [1.54, 1.807) is 0 Å². The summed E-state index contributed by atoms with van der Waals surface area (Å²) in [6.07, 6.45) is 0. The maximum atomic E-state index is 12.7. The van der Waals surface area contributed by atoms with Crippen LogP contribution in [0.2, 0.25) is 0 Å². The van der Waals surface area contributed by atoms with Crippen molar-refractivity contribution in [1.29, 1.82) is 0 Å². The van der Waals surface area contributed by atoms with Crippen molar-refractivity contribution in [2.75, 3.05) is 0 Å². The van der Waals surface area contributed by atoms with E-state index < -0.39 is 0 Å². The van der Waals surface area contributed by atoms with Crippen molar-refractivity contribution in [3.8, 4) is 0 Å². The van der Waals surface area contributed by atoms with Crippen LogP contribution in [0.1, 0.15) is 28.9 Å². The zero-order chi connectivity index (χ0) is 14.1. The number of rotatable bonds is 3. The highest BCUT2D eigenvalue weighted by Crippen LogP contribution is 2.24. The number of nitrogens with zero attached hydrogens (tertiary/aromatic N) is 1. The van der Waals surface area contributed by atoms with Crippen LogP contribution in [0.5, 0.6) is 0 Å². The van der Waals surface area contributed by atoms with Gasteiger partial charge in [0.1, 0.15) is 0 Å². The van der Waals surface area contributed by atoms with E-state index in [2.05, 4.69) is 0 Å². The average Bonchev–Trinajstić information content (AvgIpc) is 2.84. The number of fused-ring (bicyclic) bond motifs is 1. The minimum Gasteiger partial charge on any atom is -0.341 e. The molecule has 0 spiro atoms. The molecule has 100 valence electrons. The minimum absolute atomic E-state index is 0.126. The van der Waals surface area contributed by atoms with Crippen LogP contribution in [-0.2, 0) is 7.05 Å². The van der Waals surface area contributed by atoms with Crippen molar-refractivity contribution in [3.05, 3.63) is 71.9 Å². The molecular formula is C18H17NO. The van der Waals surface area contributed by atoms with Crippen LogP contribution >= 0.6 is 0 Å². The predicted octanol–water partition coefficient (Wildman–Crippen LogP) is 4.16. The summed E-state index contributed by atoms with van der Waals surface area (Å²) in [5.74, 6) is 0.0362. The van der Waals surface area contributed by atoms with Gasteiger partial charge >= 0.3 is 0 Å². The molecule has 2 aromatic carbocycles. The Kier molecular flexibility index (Phi) is 3.15. The van der Waals surface area contributed by atoms with Gasteiger partial charge in [-0.3, -0.25) is 4.79 Å². The lowest BCUT2D eigenvalue weighted by atomic mass is 9.95. The number of para-hydroxylation sites is 1. The van der Waals surface area contributed by atoms with E-state index in [0.717, 1.165) is 22.2 Å². The van der Waals surface area contributed by atoms with Crippen molar-refractivity contribution >= 4 is 16.7 Å². The number of carbonyl (C=O) groups is 1. The van der Waals surface area contributed by atoms with E-state index in [1.165, 1.54) is 0 Å². The van der Waals surface area contributed by atoms with Crippen molar-refractivity contribution in [2.24, 2.45) is 7.05 Å². The van der Waals surface area contributed by atoms with Gasteiger partial charge < -0.3 is 4.57 Å². The molecule has 2 nitrogen and oxygen atoms in total. The molecule has 0 saturated heterocycles. The van der Waals surface area contributed by atoms with Crippen LogP contribution in [0.25, 0.3) is 10.9 Å². The van der Waals surface area contributed by atoms with Crippen LogP contribution in [-0.4, -0.2) is 10.4 Å². The summed E-state index contributed by atoms with van der Waals surface area (Å²) in [7, 11) is 1.95. The molecule has 0 aliphatic heterocycles. The van der Waals surface area contributed by atoms with E-state index in [1.807, 2.05) is 79.2 Å². The lowest BCUT2D eigenvalue weighted by molar-refractivity contribution is 0.0958. The lowest BCUT2D eigenvalue weighted by Crippen LogP contribution is -2.13. The Labute approximate surface area is 118 Å². The maximum absolute atomic E-state index is 12.7. The van der Waals surface area contributed by atoms with Crippen molar-refractivity contribution in [2.45, 2.75) is 12.8 Å². The molecule has 1 atom stereocenters. The summed E-state index contributed by atoms with van der Waals surface area (Å²) < 4.78 is 1.98. The maximum Gasteiger partial charge on any atom is 0.186 e. The fourth-order valence-corrected chi connectivity index (χ4v) is 2.64. The highest BCUT2D eigenvalue weighted by atomic mass is 16.1. The molecule has 1 aromatic heterocycles. The predicted molar refractivity (Wildman–Crippen MR) is 82.1 cm³/mol. The molecule has 0 N–H and O–H groups in total. The molecule has 3 rings (SSSR count). The Morgan fingerprint density at radius 1 is 1.00 bits per heavy atom. The quantitative estimate of drug-likeness (QED) is 0.650.